The van der Waals surface area contributed by atoms with E-state index in [-0.39, 0.29) is 11.9 Å². The van der Waals surface area contributed by atoms with E-state index in [9.17, 15) is 9.59 Å². The zero-order chi connectivity index (χ0) is 14.0. The molecule has 0 aliphatic heterocycles. The Morgan fingerprint density at radius 2 is 1.95 bits per heavy atom. The lowest BCUT2D eigenvalue weighted by Gasteiger charge is -2.09. The fourth-order valence-electron chi connectivity index (χ4n) is 2.31. The third-order valence-corrected chi connectivity index (χ3v) is 4.18. The molecule has 5 nitrogen and oxygen atoms in total. The summed E-state index contributed by atoms with van der Waals surface area (Å²) in [6.07, 6.45) is 1.11. The summed E-state index contributed by atoms with van der Waals surface area (Å²) in [6.45, 7) is 4.22. The van der Waals surface area contributed by atoms with Gasteiger partial charge in [-0.3, -0.25) is 4.79 Å². The van der Waals surface area contributed by atoms with E-state index in [4.69, 9.17) is 15.2 Å². The van der Waals surface area contributed by atoms with Crippen LogP contribution in [0.2, 0.25) is 0 Å². The number of rotatable bonds is 4. The smallest absolute Gasteiger partial charge is 0.341 e. The van der Waals surface area contributed by atoms with E-state index in [1.165, 1.54) is 11.3 Å². The largest absolute Gasteiger partial charge is 0.466 e. The van der Waals surface area contributed by atoms with Crippen molar-refractivity contribution in [2.24, 2.45) is 5.92 Å². The average molecular weight is 283 g/mol. The van der Waals surface area contributed by atoms with Crippen molar-refractivity contribution in [3.05, 3.63) is 16.0 Å². The summed E-state index contributed by atoms with van der Waals surface area (Å²) in [7, 11) is 0. The van der Waals surface area contributed by atoms with Crippen LogP contribution in [-0.2, 0) is 27.1 Å². The molecule has 2 rings (SSSR count). The molecule has 2 N–H and O–H groups in total. The molecule has 104 valence electrons. The molecule has 1 unspecified atom stereocenters. The van der Waals surface area contributed by atoms with Gasteiger partial charge in [0.15, 0.2) is 0 Å². The monoisotopic (exact) mass is 283 g/mol. The molecular formula is C13H17NO4S. The van der Waals surface area contributed by atoms with E-state index in [0.717, 1.165) is 10.4 Å². The quantitative estimate of drug-likeness (QED) is 0.852. The molecule has 1 aromatic heterocycles. The number of hydrogen-bond donors (Lipinski definition) is 1. The molecule has 6 heteroatoms. The van der Waals surface area contributed by atoms with Crippen LogP contribution in [0.3, 0.4) is 0 Å². The highest BCUT2D eigenvalue weighted by molar-refractivity contribution is 7.16. The first-order chi connectivity index (χ1) is 9.08. The topological polar surface area (TPSA) is 78.6 Å². The maximum absolute atomic E-state index is 11.9. The summed E-state index contributed by atoms with van der Waals surface area (Å²) in [6, 6.07) is 0. The van der Waals surface area contributed by atoms with E-state index >= 15 is 0 Å². The molecule has 0 amide bonds. The number of nitrogens with two attached hydrogens (primary N) is 1. The van der Waals surface area contributed by atoms with Gasteiger partial charge < -0.3 is 15.2 Å². The van der Waals surface area contributed by atoms with Crippen LogP contribution < -0.4 is 5.73 Å². The van der Waals surface area contributed by atoms with Crippen molar-refractivity contribution in [1.82, 2.24) is 0 Å². The first-order valence-corrected chi connectivity index (χ1v) is 7.13. The van der Waals surface area contributed by atoms with Gasteiger partial charge in [-0.15, -0.1) is 11.3 Å². The van der Waals surface area contributed by atoms with Crippen LogP contribution in [0, 0.1) is 5.92 Å². The normalized spacial score (nSPS) is 17.1. The van der Waals surface area contributed by atoms with E-state index in [2.05, 4.69) is 0 Å². The fraction of sp³-hybridized carbons (Fsp3) is 0.538. The predicted molar refractivity (Wildman–Crippen MR) is 72.2 cm³/mol. The van der Waals surface area contributed by atoms with Gasteiger partial charge in [0, 0.05) is 4.88 Å². The van der Waals surface area contributed by atoms with Crippen molar-refractivity contribution >= 4 is 28.3 Å². The molecule has 0 saturated heterocycles. The van der Waals surface area contributed by atoms with E-state index < -0.39 is 5.97 Å². The second kappa shape index (κ2) is 5.61. The minimum absolute atomic E-state index is 0.199. The maximum Gasteiger partial charge on any atom is 0.341 e. The molecule has 19 heavy (non-hydrogen) atoms. The summed E-state index contributed by atoms with van der Waals surface area (Å²) in [4.78, 5) is 24.6. The molecule has 0 fully saturated rings. The van der Waals surface area contributed by atoms with Gasteiger partial charge in [0.25, 0.3) is 0 Å². The molecular weight excluding hydrogens is 266 g/mol. The fourth-order valence-corrected chi connectivity index (χ4v) is 3.48. The Balaban J connectivity index is 2.20. The third kappa shape index (κ3) is 2.58. The molecule has 1 atom stereocenters. The Hall–Kier alpha value is -1.56. The van der Waals surface area contributed by atoms with Gasteiger partial charge in [-0.2, -0.15) is 0 Å². The Morgan fingerprint density at radius 3 is 2.58 bits per heavy atom. The molecule has 0 saturated carbocycles. The highest BCUT2D eigenvalue weighted by Gasteiger charge is 2.35. The van der Waals surface area contributed by atoms with Crippen molar-refractivity contribution in [3.63, 3.8) is 0 Å². The van der Waals surface area contributed by atoms with E-state index in [1.807, 2.05) is 0 Å². The first-order valence-electron chi connectivity index (χ1n) is 6.32. The molecule has 1 heterocycles. The zero-order valence-electron chi connectivity index (χ0n) is 11.0. The number of ether oxygens (including phenoxy) is 2. The molecule has 0 aromatic carbocycles. The minimum atomic E-state index is -0.401. The number of nitrogen functional groups attached to an aromatic ring is 1. The number of fused-ring (bicyclic) bond motifs is 1. The standard InChI is InChI=1S/C13H17NO4S/c1-3-17-12(15)7-5-8-9(6-7)19-11(14)10(8)13(16)18-4-2/h7H,3-6,14H2,1-2H3. The van der Waals surface area contributed by atoms with Gasteiger partial charge in [0.2, 0.25) is 0 Å². The van der Waals surface area contributed by atoms with Gasteiger partial charge in [0.05, 0.1) is 24.7 Å². The second-order valence-electron chi connectivity index (χ2n) is 4.32. The molecule has 0 bridgehead atoms. The van der Waals surface area contributed by atoms with E-state index in [0.29, 0.717) is 36.6 Å². The highest BCUT2D eigenvalue weighted by atomic mass is 32.1. The Morgan fingerprint density at radius 1 is 1.26 bits per heavy atom. The molecule has 0 radical (unpaired) electrons. The van der Waals surface area contributed by atoms with Crippen LogP contribution in [-0.4, -0.2) is 25.2 Å². The number of carbonyl (C=O) groups is 2. The second-order valence-corrected chi connectivity index (χ2v) is 5.46. The lowest BCUT2D eigenvalue weighted by atomic mass is 10.1. The summed E-state index contributed by atoms with van der Waals surface area (Å²) in [5.41, 5.74) is 7.16. The SMILES string of the molecule is CCOC(=O)c1c(N)sc2c1CC(C(=O)OCC)C2. The Bertz CT molecular complexity index is 509. The van der Waals surface area contributed by atoms with E-state index in [1.54, 1.807) is 13.8 Å². The molecule has 0 spiro atoms. The predicted octanol–water partition coefficient (Wildman–Crippen LogP) is 1.78. The molecule has 1 aliphatic carbocycles. The van der Waals surface area contributed by atoms with Crippen LogP contribution in [0.1, 0.15) is 34.6 Å². The lowest BCUT2D eigenvalue weighted by molar-refractivity contribution is -0.147. The first kappa shape index (κ1) is 13.9. The van der Waals surface area contributed by atoms with Crippen molar-refractivity contribution in [3.8, 4) is 0 Å². The minimum Gasteiger partial charge on any atom is -0.466 e. The number of esters is 2. The number of thiophene rings is 1. The van der Waals surface area contributed by atoms with Crippen molar-refractivity contribution in [2.45, 2.75) is 26.7 Å². The third-order valence-electron chi connectivity index (χ3n) is 3.10. The van der Waals surface area contributed by atoms with Crippen molar-refractivity contribution < 1.29 is 19.1 Å². The van der Waals surface area contributed by atoms with Gasteiger partial charge in [-0.05, 0) is 32.3 Å². The van der Waals surface area contributed by atoms with Gasteiger partial charge >= 0.3 is 11.9 Å². The van der Waals surface area contributed by atoms with Crippen LogP contribution in [0.4, 0.5) is 5.00 Å². The van der Waals surface area contributed by atoms with Gasteiger partial charge in [-0.25, -0.2) is 4.79 Å². The summed E-state index contributed by atoms with van der Waals surface area (Å²) >= 11 is 1.37. The zero-order valence-corrected chi connectivity index (χ0v) is 11.8. The average Bonchev–Trinajstić information content (AvgIpc) is 2.85. The van der Waals surface area contributed by atoms with Crippen LogP contribution >= 0.6 is 11.3 Å². The summed E-state index contributed by atoms with van der Waals surface area (Å²) < 4.78 is 10.0. The van der Waals surface area contributed by atoms with Gasteiger partial charge in [0.1, 0.15) is 5.00 Å². The van der Waals surface area contributed by atoms with Crippen LogP contribution in [0.5, 0.6) is 0 Å². The Labute approximate surface area is 115 Å². The summed E-state index contributed by atoms with van der Waals surface area (Å²) in [5, 5.41) is 0.478. The molecule has 1 aliphatic rings. The van der Waals surface area contributed by atoms with Crippen LogP contribution in [0.25, 0.3) is 0 Å². The lowest BCUT2D eigenvalue weighted by Crippen LogP contribution is -2.18. The molecule has 1 aromatic rings. The number of anilines is 1. The number of hydrogen-bond acceptors (Lipinski definition) is 6. The number of carbonyl (C=O) groups excluding carboxylic acids is 2. The summed E-state index contributed by atoms with van der Waals surface area (Å²) in [5.74, 6) is -0.809. The van der Waals surface area contributed by atoms with Crippen LogP contribution in [0.15, 0.2) is 0 Å². The van der Waals surface area contributed by atoms with Crippen molar-refractivity contribution in [2.75, 3.05) is 18.9 Å². The van der Waals surface area contributed by atoms with Gasteiger partial charge in [-0.1, -0.05) is 0 Å². The Kier molecular flexibility index (Phi) is 4.09. The maximum atomic E-state index is 11.9. The van der Waals surface area contributed by atoms with Crippen molar-refractivity contribution in [1.29, 1.82) is 0 Å². The highest BCUT2D eigenvalue weighted by Crippen LogP contribution is 2.40.